The summed E-state index contributed by atoms with van der Waals surface area (Å²) in [4.78, 5) is 13.4. The van der Waals surface area contributed by atoms with Crippen molar-refractivity contribution in [2.75, 3.05) is 23.8 Å². The molecule has 0 saturated carbocycles. The third-order valence-electron chi connectivity index (χ3n) is 2.90. The van der Waals surface area contributed by atoms with E-state index in [-0.39, 0.29) is 18.1 Å². The summed E-state index contributed by atoms with van der Waals surface area (Å²) in [6.45, 7) is -0.191. The SMILES string of the molecule is CN(C(=O)CNc1c(F)cccc1F)c1ccccc1. The molecule has 1 amide bonds. The molecule has 0 spiro atoms. The highest BCUT2D eigenvalue weighted by Gasteiger charge is 2.13. The zero-order chi connectivity index (χ0) is 14.5. The van der Waals surface area contributed by atoms with Crippen molar-refractivity contribution in [2.24, 2.45) is 0 Å². The third kappa shape index (κ3) is 3.12. The zero-order valence-corrected chi connectivity index (χ0v) is 10.9. The second-order valence-electron chi connectivity index (χ2n) is 4.24. The highest BCUT2D eigenvalue weighted by Crippen LogP contribution is 2.18. The molecule has 0 bridgehead atoms. The van der Waals surface area contributed by atoms with Crippen LogP contribution in [0.15, 0.2) is 48.5 Å². The minimum Gasteiger partial charge on any atom is -0.371 e. The molecule has 0 saturated heterocycles. The number of nitrogens with one attached hydrogen (secondary N) is 1. The maximum absolute atomic E-state index is 13.4. The molecule has 0 aromatic heterocycles. The van der Waals surface area contributed by atoms with Gasteiger partial charge in [0.25, 0.3) is 0 Å². The summed E-state index contributed by atoms with van der Waals surface area (Å²) in [5.74, 6) is -1.74. The van der Waals surface area contributed by atoms with Crippen LogP contribution in [0.2, 0.25) is 0 Å². The summed E-state index contributed by atoms with van der Waals surface area (Å²) < 4.78 is 26.8. The molecule has 0 heterocycles. The number of amides is 1. The standard InChI is InChI=1S/C15H14F2N2O/c1-19(11-6-3-2-4-7-11)14(20)10-18-15-12(16)8-5-9-13(15)17/h2-9,18H,10H2,1H3. The number of nitrogens with zero attached hydrogens (tertiary/aromatic N) is 1. The Hall–Kier alpha value is -2.43. The smallest absolute Gasteiger partial charge is 0.246 e. The number of anilines is 2. The second kappa shape index (κ2) is 6.14. The van der Waals surface area contributed by atoms with Gasteiger partial charge in [0.05, 0.1) is 6.54 Å². The van der Waals surface area contributed by atoms with E-state index in [0.29, 0.717) is 5.69 Å². The Bertz CT molecular complexity index is 582. The van der Waals surface area contributed by atoms with Crippen LogP contribution in [0.3, 0.4) is 0 Å². The lowest BCUT2D eigenvalue weighted by molar-refractivity contribution is -0.116. The fraction of sp³-hybridized carbons (Fsp3) is 0.133. The lowest BCUT2D eigenvalue weighted by Crippen LogP contribution is -2.32. The van der Waals surface area contributed by atoms with Crippen LogP contribution in [-0.2, 0) is 4.79 Å². The van der Waals surface area contributed by atoms with Crippen LogP contribution in [-0.4, -0.2) is 19.5 Å². The molecule has 0 unspecified atom stereocenters. The van der Waals surface area contributed by atoms with E-state index >= 15 is 0 Å². The summed E-state index contributed by atoms with van der Waals surface area (Å²) >= 11 is 0. The van der Waals surface area contributed by atoms with Gasteiger partial charge in [-0.15, -0.1) is 0 Å². The van der Waals surface area contributed by atoms with E-state index in [0.717, 1.165) is 12.1 Å². The molecular weight excluding hydrogens is 262 g/mol. The zero-order valence-electron chi connectivity index (χ0n) is 10.9. The molecule has 0 fully saturated rings. The molecule has 2 aromatic carbocycles. The van der Waals surface area contributed by atoms with E-state index in [1.165, 1.54) is 11.0 Å². The number of para-hydroxylation sites is 2. The molecule has 1 N–H and O–H groups in total. The van der Waals surface area contributed by atoms with Crippen LogP contribution >= 0.6 is 0 Å². The Morgan fingerprint density at radius 2 is 1.65 bits per heavy atom. The molecule has 3 nitrogen and oxygen atoms in total. The van der Waals surface area contributed by atoms with Crippen molar-refractivity contribution in [1.82, 2.24) is 0 Å². The maximum Gasteiger partial charge on any atom is 0.246 e. The van der Waals surface area contributed by atoms with E-state index in [4.69, 9.17) is 0 Å². The second-order valence-corrected chi connectivity index (χ2v) is 4.24. The lowest BCUT2D eigenvalue weighted by atomic mass is 10.2. The van der Waals surface area contributed by atoms with E-state index in [2.05, 4.69) is 5.32 Å². The summed E-state index contributed by atoms with van der Waals surface area (Å²) in [6, 6.07) is 12.6. The van der Waals surface area contributed by atoms with Gasteiger partial charge in [-0.1, -0.05) is 24.3 Å². The average molecular weight is 276 g/mol. The first-order valence-corrected chi connectivity index (χ1v) is 6.09. The number of carbonyl (C=O) groups excluding carboxylic acids is 1. The van der Waals surface area contributed by atoms with Gasteiger partial charge in [0.2, 0.25) is 5.91 Å². The summed E-state index contributed by atoms with van der Waals surface area (Å²) in [6.07, 6.45) is 0. The Kier molecular flexibility index (Phi) is 4.30. The molecule has 0 aliphatic carbocycles. The monoisotopic (exact) mass is 276 g/mol. The van der Waals surface area contributed by atoms with Gasteiger partial charge in [-0.05, 0) is 24.3 Å². The molecule has 5 heteroatoms. The molecule has 104 valence electrons. The van der Waals surface area contributed by atoms with Crippen LogP contribution in [0, 0.1) is 11.6 Å². The molecule has 0 aliphatic heterocycles. The number of benzene rings is 2. The molecule has 2 aromatic rings. The van der Waals surface area contributed by atoms with Crippen molar-refractivity contribution in [3.63, 3.8) is 0 Å². The topological polar surface area (TPSA) is 32.3 Å². The number of carbonyl (C=O) groups is 1. The summed E-state index contributed by atoms with van der Waals surface area (Å²) in [5, 5.41) is 2.49. The minimum atomic E-state index is -0.722. The van der Waals surface area contributed by atoms with Crippen LogP contribution in [0.25, 0.3) is 0 Å². The minimum absolute atomic E-state index is 0.191. The first-order valence-electron chi connectivity index (χ1n) is 6.09. The van der Waals surface area contributed by atoms with E-state index in [1.54, 1.807) is 19.2 Å². The molecule has 0 atom stereocenters. The number of rotatable bonds is 4. The van der Waals surface area contributed by atoms with Gasteiger partial charge >= 0.3 is 0 Å². The average Bonchev–Trinajstić information content (AvgIpc) is 2.46. The van der Waals surface area contributed by atoms with Crippen molar-refractivity contribution in [1.29, 1.82) is 0 Å². The number of hydrogen-bond donors (Lipinski definition) is 1. The van der Waals surface area contributed by atoms with Gasteiger partial charge in [0, 0.05) is 12.7 Å². The highest BCUT2D eigenvalue weighted by molar-refractivity contribution is 5.95. The van der Waals surface area contributed by atoms with Gasteiger partial charge in [-0.3, -0.25) is 4.79 Å². The normalized spacial score (nSPS) is 10.2. The van der Waals surface area contributed by atoms with Gasteiger partial charge < -0.3 is 10.2 Å². The Balaban J connectivity index is 2.02. The van der Waals surface area contributed by atoms with E-state index in [9.17, 15) is 13.6 Å². The number of likely N-dealkylation sites (N-methyl/N-ethyl adjacent to an activating group) is 1. The predicted molar refractivity (Wildman–Crippen MR) is 74.7 cm³/mol. The summed E-state index contributed by atoms with van der Waals surface area (Å²) in [5.41, 5.74) is 0.426. The van der Waals surface area contributed by atoms with E-state index < -0.39 is 11.6 Å². The Labute approximate surface area is 115 Å². The first kappa shape index (κ1) is 14.0. The predicted octanol–water partition coefficient (Wildman–Crippen LogP) is 3.04. The van der Waals surface area contributed by atoms with Gasteiger partial charge in [0.15, 0.2) is 0 Å². The molecule has 0 aliphatic rings. The van der Waals surface area contributed by atoms with Crippen LogP contribution in [0.1, 0.15) is 0 Å². The van der Waals surface area contributed by atoms with Crippen LogP contribution < -0.4 is 10.2 Å². The quantitative estimate of drug-likeness (QED) is 0.931. The van der Waals surface area contributed by atoms with Crippen molar-refractivity contribution in [3.05, 3.63) is 60.2 Å². The molecule has 2 rings (SSSR count). The third-order valence-corrected chi connectivity index (χ3v) is 2.90. The van der Waals surface area contributed by atoms with Gasteiger partial charge in [-0.25, -0.2) is 8.78 Å². The largest absolute Gasteiger partial charge is 0.371 e. The summed E-state index contributed by atoms with van der Waals surface area (Å²) in [7, 11) is 1.61. The lowest BCUT2D eigenvalue weighted by Gasteiger charge is -2.18. The van der Waals surface area contributed by atoms with Crippen molar-refractivity contribution < 1.29 is 13.6 Å². The highest BCUT2D eigenvalue weighted by atomic mass is 19.1. The molecule has 0 radical (unpaired) electrons. The molecular formula is C15H14F2N2O. The number of halogens is 2. The first-order chi connectivity index (χ1) is 9.59. The van der Waals surface area contributed by atoms with Gasteiger partial charge in [-0.2, -0.15) is 0 Å². The van der Waals surface area contributed by atoms with Crippen molar-refractivity contribution >= 4 is 17.3 Å². The van der Waals surface area contributed by atoms with Crippen LogP contribution in [0.5, 0.6) is 0 Å². The fourth-order valence-electron chi connectivity index (χ4n) is 1.74. The van der Waals surface area contributed by atoms with Crippen molar-refractivity contribution in [3.8, 4) is 0 Å². The Morgan fingerprint density at radius 1 is 1.05 bits per heavy atom. The van der Waals surface area contributed by atoms with Crippen molar-refractivity contribution in [2.45, 2.75) is 0 Å². The maximum atomic E-state index is 13.4. The number of hydrogen-bond acceptors (Lipinski definition) is 2. The molecule has 20 heavy (non-hydrogen) atoms. The van der Waals surface area contributed by atoms with E-state index in [1.807, 2.05) is 18.2 Å². The fourth-order valence-corrected chi connectivity index (χ4v) is 1.74. The Morgan fingerprint density at radius 3 is 2.25 bits per heavy atom. The van der Waals surface area contributed by atoms with Crippen LogP contribution in [0.4, 0.5) is 20.2 Å². The van der Waals surface area contributed by atoms with Gasteiger partial charge in [0.1, 0.15) is 17.3 Å².